The van der Waals surface area contributed by atoms with Gasteiger partial charge in [-0.15, -0.1) is 0 Å². The fraction of sp³-hybridized carbons (Fsp3) is 0.545. The minimum absolute atomic E-state index is 0.146. The van der Waals surface area contributed by atoms with Crippen molar-refractivity contribution in [1.82, 2.24) is 19.6 Å². The first-order valence-electron chi connectivity index (χ1n) is 10.3. The molecule has 2 heterocycles. The smallest absolute Gasteiger partial charge is 0.223 e. The van der Waals surface area contributed by atoms with Crippen LogP contribution >= 0.6 is 0 Å². The molecule has 6 heteroatoms. The van der Waals surface area contributed by atoms with Crippen molar-refractivity contribution in [3.63, 3.8) is 0 Å². The zero-order valence-electron chi connectivity index (χ0n) is 16.9. The molecule has 0 atom stereocenters. The largest absolute Gasteiger partial charge is 0.340 e. The molecule has 1 aromatic carbocycles. The Bertz CT molecular complexity index is 660. The van der Waals surface area contributed by atoms with Gasteiger partial charge >= 0.3 is 0 Å². The molecule has 28 heavy (non-hydrogen) atoms. The van der Waals surface area contributed by atoms with Crippen LogP contribution in [0.5, 0.6) is 0 Å². The van der Waals surface area contributed by atoms with Crippen LogP contribution in [0.15, 0.2) is 36.4 Å². The van der Waals surface area contributed by atoms with Crippen LogP contribution in [0.1, 0.15) is 18.9 Å². The highest BCUT2D eigenvalue weighted by Gasteiger charge is 2.22. The minimum Gasteiger partial charge on any atom is -0.340 e. The van der Waals surface area contributed by atoms with E-state index in [-0.39, 0.29) is 11.8 Å². The van der Waals surface area contributed by atoms with E-state index in [1.165, 1.54) is 5.56 Å². The summed E-state index contributed by atoms with van der Waals surface area (Å²) in [6, 6.07) is 10.3. The molecule has 0 bridgehead atoms. The third-order valence-electron chi connectivity index (χ3n) is 5.66. The summed E-state index contributed by atoms with van der Waals surface area (Å²) >= 11 is 0. The summed E-state index contributed by atoms with van der Waals surface area (Å²) in [7, 11) is 0. The Morgan fingerprint density at radius 2 is 1.46 bits per heavy atom. The summed E-state index contributed by atoms with van der Waals surface area (Å²) in [6.07, 6.45) is 4.94. The van der Waals surface area contributed by atoms with Crippen LogP contribution in [0.2, 0.25) is 0 Å². The Balaban J connectivity index is 1.32. The molecule has 0 spiro atoms. The van der Waals surface area contributed by atoms with Crippen LogP contribution in [0.25, 0.3) is 6.08 Å². The topological polar surface area (TPSA) is 47.1 Å². The average molecular weight is 385 g/mol. The quantitative estimate of drug-likeness (QED) is 0.744. The van der Waals surface area contributed by atoms with Gasteiger partial charge in [-0.1, -0.05) is 42.5 Å². The summed E-state index contributed by atoms with van der Waals surface area (Å²) in [4.78, 5) is 32.5. The lowest BCUT2D eigenvalue weighted by Crippen LogP contribution is -2.50. The number of benzene rings is 1. The van der Waals surface area contributed by atoms with Gasteiger partial charge in [0, 0.05) is 78.8 Å². The van der Waals surface area contributed by atoms with E-state index in [4.69, 9.17) is 0 Å². The highest BCUT2D eigenvalue weighted by molar-refractivity contribution is 5.76. The number of nitrogens with zero attached hydrogens (tertiary/aromatic N) is 4. The number of rotatable bonds is 6. The second-order valence-electron chi connectivity index (χ2n) is 7.59. The molecule has 152 valence electrons. The number of hydrogen-bond donors (Lipinski definition) is 0. The maximum absolute atomic E-state index is 12.5. The molecule has 3 rings (SSSR count). The molecule has 2 saturated heterocycles. The van der Waals surface area contributed by atoms with Gasteiger partial charge in [0.05, 0.1) is 0 Å². The molecule has 0 saturated carbocycles. The highest BCUT2D eigenvalue weighted by atomic mass is 16.2. The normalized spacial score (nSPS) is 19.3. The third kappa shape index (κ3) is 6.17. The van der Waals surface area contributed by atoms with Crippen LogP contribution in [0.4, 0.5) is 0 Å². The van der Waals surface area contributed by atoms with Gasteiger partial charge in [-0.2, -0.15) is 0 Å². The molecule has 0 unspecified atom stereocenters. The van der Waals surface area contributed by atoms with E-state index in [1.54, 1.807) is 6.92 Å². The monoisotopic (exact) mass is 384 g/mol. The maximum Gasteiger partial charge on any atom is 0.223 e. The van der Waals surface area contributed by atoms with Gasteiger partial charge in [-0.25, -0.2) is 0 Å². The molecule has 0 aromatic heterocycles. The van der Waals surface area contributed by atoms with Crippen LogP contribution in [-0.4, -0.2) is 96.9 Å². The van der Waals surface area contributed by atoms with Crippen molar-refractivity contribution in [2.75, 3.05) is 65.4 Å². The fourth-order valence-electron chi connectivity index (χ4n) is 3.78. The molecule has 2 aliphatic rings. The third-order valence-corrected chi connectivity index (χ3v) is 5.66. The number of carbonyl (C=O) groups is 2. The van der Waals surface area contributed by atoms with Gasteiger partial charge in [0.1, 0.15) is 0 Å². The van der Waals surface area contributed by atoms with Crippen molar-refractivity contribution in [3.05, 3.63) is 42.0 Å². The molecule has 0 radical (unpaired) electrons. The van der Waals surface area contributed by atoms with E-state index >= 15 is 0 Å². The van der Waals surface area contributed by atoms with E-state index in [0.29, 0.717) is 6.42 Å². The van der Waals surface area contributed by atoms with Crippen molar-refractivity contribution in [2.24, 2.45) is 0 Å². The standard InChI is InChI=1S/C22H32N4O2/c1-20(27)25-16-12-24(13-17-25)11-9-22(28)26-18-14-23(15-19-26)10-5-8-21-6-3-2-4-7-21/h2-8H,9-19H2,1H3/b8-5+. The maximum atomic E-state index is 12.5. The number of amides is 2. The SMILES string of the molecule is CC(=O)N1CCN(CCC(=O)N2CCN(C/C=C/c3ccccc3)CC2)CC1. The fourth-order valence-corrected chi connectivity index (χ4v) is 3.78. The summed E-state index contributed by atoms with van der Waals surface area (Å²) in [5.41, 5.74) is 1.22. The van der Waals surface area contributed by atoms with Gasteiger partial charge in [-0.3, -0.25) is 19.4 Å². The van der Waals surface area contributed by atoms with Gasteiger partial charge in [-0.05, 0) is 5.56 Å². The second-order valence-corrected chi connectivity index (χ2v) is 7.59. The molecule has 0 aliphatic carbocycles. The average Bonchev–Trinajstić information content (AvgIpc) is 2.73. The van der Waals surface area contributed by atoms with E-state index in [9.17, 15) is 9.59 Å². The number of carbonyl (C=O) groups excluding carboxylic acids is 2. The van der Waals surface area contributed by atoms with Gasteiger partial charge in [0.25, 0.3) is 0 Å². The first-order valence-corrected chi connectivity index (χ1v) is 10.3. The molecule has 0 N–H and O–H groups in total. The van der Waals surface area contributed by atoms with Crippen molar-refractivity contribution in [2.45, 2.75) is 13.3 Å². The van der Waals surface area contributed by atoms with Crippen LogP contribution in [0, 0.1) is 0 Å². The lowest BCUT2D eigenvalue weighted by molar-refractivity contribution is -0.134. The number of hydrogen-bond acceptors (Lipinski definition) is 4. The molecular formula is C22H32N4O2. The van der Waals surface area contributed by atoms with Gasteiger partial charge in [0.15, 0.2) is 0 Å². The van der Waals surface area contributed by atoms with E-state index in [0.717, 1.165) is 65.4 Å². The summed E-state index contributed by atoms with van der Waals surface area (Å²) in [5, 5.41) is 0. The van der Waals surface area contributed by atoms with Gasteiger partial charge < -0.3 is 9.80 Å². The lowest BCUT2D eigenvalue weighted by atomic mass is 10.2. The first kappa shape index (κ1) is 20.6. The molecule has 1 aromatic rings. The van der Waals surface area contributed by atoms with Crippen LogP contribution in [0.3, 0.4) is 0 Å². The second kappa shape index (κ2) is 10.4. The van der Waals surface area contributed by atoms with Crippen LogP contribution in [-0.2, 0) is 9.59 Å². The highest BCUT2D eigenvalue weighted by Crippen LogP contribution is 2.08. The lowest BCUT2D eigenvalue weighted by Gasteiger charge is -2.36. The Morgan fingerprint density at radius 1 is 0.857 bits per heavy atom. The van der Waals surface area contributed by atoms with Crippen LogP contribution < -0.4 is 0 Å². The zero-order valence-corrected chi connectivity index (χ0v) is 16.9. The van der Waals surface area contributed by atoms with Crippen molar-refractivity contribution >= 4 is 17.9 Å². The predicted octanol–water partition coefficient (Wildman–Crippen LogP) is 1.40. The minimum atomic E-state index is 0.146. The predicted molar refractivity (Wildman–Crippen MR) is 112 cm³/mol. The van der Waals surface area contributed by atoms with E-state index in [2.05, 4.69) is 34.1 Å². The Labute approximate surface area is 168 Å². The van der Waals surface area contributed by atoms with E-state index < -0.39 is 0 Å². The Morgan fingerprint density at radius 3 is 2.11 bits per heavy atom. The molecule has 2 aliphatic heterocycles. The first-order chi connectivity index (χ1) is 13.6. The molecular weight excluding hydrogens is 352 g/mol. The van der Waals surface area contributed by atoms with Crippen molar-refractivity contribution in [3.8, 4) is 0 Å². The number of piperazine rings is 2. The molecule has 6 nitrogen and oxygen atoms in total. The van der Waals surface area contributed by atoms with E-state index in [1.807, 2.05) is 28.0 Å². The van der Waals surface area contributed by atoms with Gasteiger partial charge in [0.2, 0.25) is 11.8 Å². The van der Waals surface area contributed by atoms with Crippen molar-refractivity contribution in [1.29, 1.82) is 0 Å². The Hall–Kier alpha value is -2.18. The summed E-state index contributed by atoms with van der Waals surface area (Å²) < 4.78 is 0. The Kier molecular flexibility index (Phi) is 7.62. The van der Waals surface area contributed by atoms with Crippen molar-refractivity contribution < 1.29 is 9.59 Å². The molecule has 2 amide bonds. The summed E-state index contributed by atoms with van der Waals surface area (Å²) in [5.74, 6) is 0.403. The molecule has 2 fully saturated rings. The zero-order chi connectivity index (χ0) is 19.8. The summed E-state index contributed by atoms with van der Waals surface area (Å²) in [6.45, 7) is 10.1.